The van der Waals surface area contributed by atoms with Crippen LogP contribution in [0.5, 0.6) is 0 Å². The number of aryl methyl sites for hydroxylation is 1. The normalized spacial score (nSPS) is 11.6. The lowest BCUT2D eigenvalue weighted by atomic mass is 10.1. The van der Waals surface area contributed by atoms with E-state index in [0.29, 0.717) is 6.04 Å². The minimum absolute atomic E-state index is 0.634. The van der Waals surface area contributed by atoms with Crippen molar-refractivity contribution in [3.05, 3.63) is 12.2 Å². The van der Waals surface area contributed by atoms with Crippen LogP contribution in [0.1, 0.15) is 39.4 Å². The Kier molecular flexibility index (Phi) is 6.73. The molecule has 0 atom stereocenters. The second kappa shape index (κ2) is 7.82. The summed E-state index contributed by atoms with van der Waals surface area (Å²) in [5.41, 5.74) is 0. The first-order valence-corrected chi connectivity index (χ1v) is 7.55. The van der Waals surface area contributed by atoms with Crippen LogP contribution in [0.3, 0.4) is 0 Å². The van der Waals surface area contributed by atoms with Crippen LogP contribution in [-0.4, -0.2) is 37.6 Å². The number of rotatable bonds is 8. The van der Waals surface area contributed by atoms with Crippen LogP contribution in [0.25, 0.3) is 0 Å². The maximum absolute atomic E-state index is 4.35. The molecule has 0 saturated carbocycles. The summed E-state index contributed by atoms with van der Waals surface area (Å²) < 4.78 is 1.98. The summed E-state index contributed by atoms with van der Waals surface area (Å²) in [6.07, 6.45) is 4.02. The third-order valence-corrected chi connectivity index (χ3v) is 3.53. The summed E-state index contributed by atoms with van der Waals surface area (Å²) in [5, 5.41) is 5.23. The van der Waals surface area contributed by atoms with Gasteiger partial charge in [-0.1, -0.05) is 29.8 Å². The molecule has 1 rings (SSSR count). The lowest BCUT2D eigenvalue weighted by molar-refractivity contribution is 0.181. The molecule has 0 aliphatic rings. The molecule has 0 aliphatic heterocycles. The molecule has 4 nitrogen and oxygen atoms in total. The van der Waals surface area contributed by atoms with Gasteiger partial charge in [-0.25, -0.2) is 9.67 Å². The van der Waals surface area contributed by atoms with Crippen LogP contribution in [0.15, 0.2) is 6.33 Å². The van der Waals surface area contributed by atoms with Gasteiger partial charge in [0, 0.05) is 24.5 Å². The molecule has 17 heavy (non-hydrogen) atoms. The Morgan fingerprint density at radius 1 is 1.35 bits per heavy atom. The van der Waals surface area contributed by atoms with Crippen molar-refractivity contribution in [2.75, 3.05) is 11.9 Å². The molecule has 0 aromatic carbocycles. The molecule has 1 aromatic rings. The first-order chi connectivity index (χ1) is 8.26. The highest BCUT2D eigenvalue weighted by molar-refractivity contribution is 9.09. The van der Waals surface area contributed by atoms with Gasteiger partial charge in [0.25, 0.3) is 0 Å². The van der Waals surface area contributed by atoms with Gasteiger partial charge in [-0.15, -0.1) is 0 Å². The Labute approximate surface area is 113 Å². The number of aromatic nitrogens is 3. The lowest BCUT2D eigenvalue weighted by Gasteiger charge is -2.29. The van der Waals surface area contributed by atoms with Gasteiger partial charge in [0.2, 0.25) is 0 Å². The zero-order valence-corrected chi connectivity index (χ0v) is 12.7. The number of nitrogens with zero attached hydrogens (tertiary/aromatic N) is 4. The van der Waals surface area contributed by atoms with Crippen LogP contribution in [0.2, 0.25) is 0 Å². The SMILES string of the molecule is CCC(CC)N(CCBr)Cc1ncnn1CC. The van der Waals surface area contributed by atoms with Gasteiger partial charge >= 0.3 is 0 Å². The molecule has 0 fully saturated rings. The van der Waals surface area contributed by atoms with E-state index in [1.165, 1.54) is 12.8 Å². The average Bonchev–Trinajstić information content (AvgIpc) is 2.78. The van der Waals surface area contributed by atoms with Crippen molar-refractivity contribution < 1.29 is 0 Å². The molecule has 0 spiro atoms. The number of hydrogen-bond acceptors (Lipinski definition) is 3. The zero-order chi connectivity index (χ0) is 12.7. The molecule has 1 heterocycles. The largest absolute Gasteiger partial charge is 0.292 e. The minimum atomic E-state index is 0.634. The van der Waals surface area contributed by atoms with E-state index in [2.05, 4.69) is 51.7 Å². The van der Waals surface area contributed by atoms with Gasteiger partial charge in [-0.3, -0.25) is 4.90 Å². The predicted octanol–water partition coefficient (Wildman–Crippen LogP) is 2.68. The Bertz CT molecular complexity index is 309. The third-order valence-electron chi connectivity index (χ3n) is 3.17. The summed E-state index contributed by atoms with van der Waals surface area (Å²) >= 11 is 3.53. The lowest BCUT2D eigenvalue weighted by Crippen LogP contribution is -2.36. The van der Waals surface area contributed by atoms with Gasteiger partial charge in [-0.05, 0) is 19.8 Å². The first kappa shape index (κ1) is 14.6. The van der Waals surface area contributed by atoms with Crippen LogP contribution < -0.4 is 0 Å². The minimum Gasteiger partial charge on any atom is -0.292 e. The van der Waals surface area contributed by atoms with E-state index in [1.54, 1.807) is 6.33 Å². The van der Waals surface area contributed by atoms with Crippen LogP contribution in [0, 0.1) is 0 Å². The Balaban J connectivity index is 2.71. The highest BCUT2D eigenvalue weighted by atomic mass is 79.9. The Hall–Kier alpha value is -0.420. The van der Waals surface area contributed by atoms with Crippen molar-refractivity contribution >= 4 is 15.9 Å². The second-order valence-corrected chi connectivity index (χ2v) is 4.91. The molecule has 0 saturated heterocycles. The van der Waals surface area contributed by atoms with E-state index < -0.39 is 0 Å². The van der Waals surface area contributed by atoms with E-state index in [1.807, 2.05) is 4.68 Å². The smallest absolute Gasteiger partial charge is 0.141 e. The molecule has 0 bridgehead atoms. The molecule has 5 heteroatoms. The fraction of sp³-hybridized carbons (Fsp3) is 0.833. The van der Waals surface area contributed by atoms with Crippen LogP contribution in [0.4, 0.5) is 0 Å². The average molecular weight is 303 g/mol. The molecule has 0 unspecified atom stereocenters. The quantitative estimate of drug-likeness (QED) is 0.692. The van der Waals surface area contributed by atoms with Crippen molar-refractivity contribution in [3.63, 3.8) is 0 Å². The molecular weight excluding hydrogens is 280 g/mol. The van der Waals surface area contributed by atoms with Gasteiger partial charge < -0.3 is 0 Å². The summed E-state index contributed by atoms with van der Waals surface area (Å²) in [6.45, 7) is 9.44. The summed E-state index contributed by atoms with van der Waals surface area (Å²) in [5.74, 6) is 1.07. The monoisotopic (exact) mass is 302 g/mol. The second-order valence-electron chi connectivity index (χ2n) is 4.12. The van der Waals surface area contributed by atoms with Crippen molar-refractivity contribution in [2.24, 2.45) is 0 Å². The van der Waals surface area contributed by atoms with E-state index in [0.717, 1.165) is 30.8 Å². The van der Waals surface area contributed by atoms with Crippen LogP contribution >= 0.6 is 15.9 Å². The van der Waals surface area contributed by atoms with Gasteiger partial charge in [-0.2, -0.15) is 5.10 Å². The van der Waals surface area contributed by atoms with E-state index >= 15 is 0 Å². The zero-order valence-electron chi connectivity index (χ0n) is 11.1. The van der Waals surface area contributed by atoms with Crippen molar-refractivity contribution in [2.45, 2.75) is 52.7 Å². The van der Waals surface area contributed by atoms with Crippen LogP contribution in [-0.2, 0) is 13.1 Å². The molecular formula is C12H23BrN4. The standard InChI is InChI=1S/C12H23BrN4/c1-4-11(5-2)16(8-7-13)9-12-14-10-15-17(12)6-3/h10-11H,4-9H2,1-3H3. The maximum Gasteiger partial charge on any atom is 0.141 e. The fourth-order valence-electron chi connectivity index (χ4n) is 2.16. The summed E-state index contributed by atoms with van der Waals surface area (Å²) in [6, 6.07) is 0.634. The first-order valence-electron chi connectivity index (χ1n) is 6.43. The van der Waals surface area contributed by atoms with E-state index in [-0.39, 0.29) is 0 Å². The Morgan fingerprint density at radius 2 is 2.06 bits per heavy atom. The molecule has 0 aliphatic carbocycles. The van der Waals surface area contributed by atoms with Gasteiger partial charge in [0.1, 0.15) is 12.2 Å². The van der Waals surface area contributed by atoms with Gasteiger partial charge in [0.05, 0.1) is 6.54 Å². The molecule has 0 amide bonds. The van der Waals surface area contributed by atoms with Gasteiger partial charge in [0.15, 0.2) is 0 Å². The number of hydrogen-bond donors (Lipinski definition) is 0. The topological polar surface area (TPSA) is 34.0 Å². The molecule has 1 aromatic heterocycles. The third kappa shape index (κ3) is 4.07. The highest BCUT2D eigenvalue weighted by Gasteiger charge is 2.17. The predicted molar refractivity (Wildman–Crippen MR) is 74.3 cm³/mol. The molecule has 0 radical (unpaired) electrons. The number of alkyl halides is 1. The Morgan fingerprint density at radius 3 is 2.59 bits per heavy atom. The maximum atomic E-state index is 4.35. The van der Waals surface area contributed by atoms with E-state index in [9.17, 15) is 0 Å². The fourth-order valence-corrected chi connectivity index (χ4v) is 2.62. The van der Waals surface area contributed by atoms with Crippen molar-refractivity contribution in [1.82, 2.24) is 19.7 Å². The highest BCUT2D eigenvalue weighted by Crippen LogP contribution is 2.12. The van der Waals surface area contributed by atoms with Crippen molar-refractivity contribution in [3.8, 4) is 0 Å². The molecule has 0 N–H and O–H groups in total. The molecule has 98 valence electrons. The summed E-state index contributed by atoms with van der Waals surface area (Å²) in [4.78, 5) is 6.85. The number of halogens is 1. The van der Waals surface area contributed by atoms with Crippen molar-refractivity contribution in [1.29, 1.82) is 0 Å². The summed E-state index contributed by atoms with van der Waals surface area (Å²) in [7, 11) is 0. The van der Waals surface area contributed by atoms with E-state index in [4.69, 9.17) is 0 Å².